The molecule has 0 aromatic carbocycles. The summed E-state index contributed by atoms with van der Waals surface area (Å²) in [7, 11) is 0. The summed E-state index contributed by atoms with van der Waals surface area (Å²) in [4.78, 5) is 11.5. The van der Waals surface area contributed by atoms with Crippen molar-refractivity contribution in [3.8, 4) is 0 Å². The van der Waals surface area contributed by atoms with Crippen molar-refractivity contribution in [2.24, 2.45) is 23.2 Å². The Hall–Kier alpha value is -1.13. The van der Waals surface area contributed by atoms with Crippen LogP contribution in [0.1, 0.15) is 39.0 Å². The first-order chi connectivity index (χ1) is 9.83. The van der Waals surface area contributed by atoms with E-state index in [9.17, 15) is 13.6 Å². The van der Waals surface area contributed by atoms with Gasteiger partial charge in [0, 0.05) is 12.3 Å². The van der Waals surface area contributed by atoms with Gasteiger partial charge in [-0.3, -0.25) is 0 Å². The Balaban J connectivity index is 1.71. The van der Waals surface area contributed by atoms with Gasteiger partial charge >= 0.3 is 11.9 Å². The van der Waals surface area contributed by atoms with Crippen molar-refractivity contribution >= 4 is 5.97 Å². The minimum atomic E-state index is -3.40. The number of carbonyl (C=O) groups is 1. The summed E-state index contributed by atoms with van der Waals surface area (Å²) in [6.45, 7) is 4.83. The van der Waals surface area contributed by atoms with Gasteiger partial charge in [-0.2, -0.15) is 8.78 Å². The fraction of sp³-hybridized carbons (Fsp3) is 0.812. The molecule has 4 bridgehead atoms. The summed E-state index contributed by atoms with van der Waals surface area (Å²) in [5.41, 5.74) is 0.127. The van der Waals surface area contributed by atoms with Gasteiger partial charge in [0.05, 0.1) is 12.9 Å². The molecule has 21 heavy (non-hydrogen) atoms. The van der Waals surface area contributed by atoms with E-state index in [0.717, 1.165) is 32.1 Å². The Bertz CT molecular complexity index is 427. The molecule has 0 heterocycles. The van der Waals surface area contributed by atoms with Crippen LogP contribution in [0.4, 0.5) is 8.78 Å². The first kappa shape index (κ1) is 14.8. The maximum absolute atomic E-state index is 13.1. The monoisotopic (exact) mass is 300 g/mol. The molecule has 118 valence electrons. The average molecular weight is 300 g/mol. The van der Waals surface area contributed by atoms with Crippen LogP contribution >= 0.6 is 0 Å². The lowest BCUT2D eigenvalue weighted by Gasteiger charge is -2.59. The molecule has 0 aromatic heterocycles. The van der Waals surface area contributed by atoms with Crippen LogP contribution in [0.2, 0.25) is 0 Å². The van der Waals surface area contributed by atoms with E-state index < -0.39 is 11.9 Å². The molecule has 2 unspecified atom stereocenters. The average Bonchev–Trinajstić information content (AvgIpc) is 2.38. The van der Waals surface area contributed by atoms with Gasteiger partial charge in [-0.25, -0.2) is 4.79 Å². The number of esters is 1. The molecule has 4 saturated carbocycles. The summed E-state index contributed by atoms with van der Waals surface area (Å²) in [6.07, 6.45) is 6.05. The van der Waals surface area contributed by atoms with Crippen LogP contribution in [0, 0.1) is 23.2 Å². The number of hydrogen-bond donors (Lipinski definition) is 0. The molecule has 0 aromatic rings. The normalized spacial score (nSPS) is 40.9. The largest absolute Gasteiger partial charge is 0.501 e. The molecular formula is C16H22F2O3. The van der Waals surface area contributed by atoms with Crippen molar-refractivity contribution < 1.29 is 23.0 Å². The molecule has 2 atom stereocenters. The van der Waals surface area contributed by atoms with Crippen molar-refractivity contribution in [1.82, 2.24) is 0 Å². The first-order valence-electron chi connectivity index (χ1n) is 7.64. The molecule has 0 aliphatic heterocycles. The standard InChI is InChI=1S/C16H22F2O3/c1-3-20-9-16-6-10-4-11(7-16)13(12(5-10)8-16)21-14(19)15(2,17)18/h3,10-13H,1,4-9H2,2H3. The van der Waals surface area contributed by atoms with Crippen molar-refractivity contribution in [1.29, 1.82) is 0 Å². The molecule has 4 rings (SSSR count). The lowest BCUT2D eigenvalue weighted by Crippen LogP contribution is -2.56. The highest BCUT2D eigenvalue weighted by Crippen LogP contribution is 2.60. The number of hydrogen-bond acceptors (Lipinski definition) is 3. The van der Waals surface area contributed by atoms with Crippen LogP contribution in [0.25, 0.3) is 0 Å². The second kappa shape index (κ2) is 4.96. The van der Waals surface area contributed by atoms with Crippen molar-refractivity contribution in [2.45, 2.75) is 51.1 Å². The minimum Gasteiger partial charge on any atom is -0.501 e. The zero-order valence-corrected chi connectivity index (χ0v) is 12.3. The quantitative estimate of drug-likeness (QED) is 0.575. The SMILES string of the molecule is C=COCC12CC3CC(C1)C(OC(=O)C(C)(F)F)C(C3)C2. The smallest absolute Gasteiger partial charge is 0.376 e. The maximum Gasteiger partial charge on any atom is 0.376 e. The van der Waals surface area contributed by atoms with Gasteiger partial charge in [0.25, 0.3) is 0 Å². The summed E-state index contributed by atoms with van der Waals surface area (Å²) < 4.78 is 36.8. The molecule has 0 amide bonds. The van der Waals surface area contributed by atoms with E-state index in [1.165, 1.54) is 6.26 Å². The zero-order chi connectivity index (χ0) is 15.3. The molecule has 0 spiro atoms. The van der Waals surface area contributed by atoms with E-state index in [1.54, 1.807) is 0 Å². The van der Waals surface area contributed by atoms with Crippen LogP contribution in [0.5, 0.6) is 0 Å². The molecular weight excluding hydrogens is 278 g/mol. The topological polar surface area (TPSA) is 35.5 Å². The minimum absolute atomic E-state index is 0.127. The fourth-order valence-corrected chi connectivity index (χ4v) is 4.98. The Morgan fingerprint density at radius 1 is 1.33 bits per heavy atom. The molecule has 0 saturated heterocycles. The van der Waals surface area contributed by atoms with Gasteiger partial charge in [-0.15, -0.1) is 0 Å². The van der Waals surface area contributed by atoms with Crippen molar-refractivity contribution in [2.75, 3.05) is 6.61 Å². The van der Waals surface area contributed by atoms with Crippen molar-refractivity contribution in [3.63, 3.8) is 0 Å². The van der Waals surface area contributed by atoms with Gasteiger partial charge < -0.3 is 9.47 Å². The predicted molar refractivity (Wildman–Crippen MR) is 72.6 cm³/mol. The highest BCUT2D eigenvalue weighted by molar-refractivity contribution is 5.77. The first-order valence-corrected chi connectivity index (χ1v) is 7.64. The second-order valence-electron chi connectivity index (χ2n) is 7.21. The Morgan fingerprint density at radius 3 is 2.48 bits per heavy atom. The van der Waals surface area contributed by atoms with E-state index in [4.69, 9.17) is 9.47 Å². The number of rotatable bonds is 5. The summed E-state index contributed by atoms with van der Waals surface area (Å²) in [6, 6.07) is 0. The Labute approximate surface area is 123 Å². The second-order valence-corrected chi connectivity index (χ2v) is 7.21. The van der Waals surface area contributed by atoms with Gasteiger partial charge in [0.15, 0.2) is 0 Å². The summed E-state index contributed by atoms with van der Waals surface area (Å²) >= 11 is 0. The van der Waals surface area contributed by atoms with E-state index in [-0.39, 0.29) is 23.4 Å². The van der Waals surface area contributed by atoms with E-state index in [2.05, 4.69) is 6.58 Å². The number of carbonyl (C=O) groups excluding carboxylic acids is 1. The number of ether oxygens (including phenoxy) is 2. The molecule has 4 fully saturated rings. The third kappa shape index (κ3) is 2.67. The molecule has 3 nitrogen and oxygen atoms in total. The molecule has 0 N–H and O–H groups in total. The molecule has 5 heteroatoms. The van der Waals surface area contributed by atoms with E-state index in [1.807, 2.05) is 0 Å². The van der Waals surface area contributed by atoms with E-state index >= 15 is 0 Å². The van der Waals surface area contributed by atoms with Crippen LogP contribution < -0.4 is 0 Å². The number of halogens is 2. The van der Waals surface area contributed by atoms with Gasteiger partial charge in [-0.05, 0) is 49.9 Å². The molecule has 0 radical (unpaired) electrons. The Morgan fingerprint density at radius 2 is 1.95 bits per heavy atom. The third-order valence-corrected chi connectivity index (χ3v) is 5.42. The highest BCUT2D eigenvalue weighted by atomic mass is 19.3. The summed E-state index contributed by atoms with van der Waals surface area (Å²) in [5.74, 6) is -3.76. The fourth-order valence-electron chi connectivity index (χ4n) is 4.98. The Kier molecular flexibility index (Phi) is 3.49. The molecule has 4 aliphatic rings. The summed E-state index contributed by atoms with van der Waals surface area (Å²) in [5, 5.41) is 0. The van der Waals surface area contributed by atoms with Gasteiger partial charge in [-0.1, -0.05) is 6.58 Å². The van der Waals surface area contributed by atoms with Crippen LogP contribution in [0.3, 0.4) is 0 Å². The van der Waals surface area contributed by atoms with Gasteiger partial charge in [0.2, 0.25) is 0 Å². The van der Waals surface area contributed by atoms with Crippen LogP contribution in [-0.2, 0) is 14.3 Å². The lowest BCUT2D eigenvalue weighted by atomic mass is 9.49. The predicted octanol–water partition coefficient (Wildman–Crippen LogP) is 3.54. The molecule has 4 aliphatic carbocycles. The lowest BCUT2D eigenvalue weighted by molar-refractivity contribution is -0.204. The highest BCUT2D eigenvalue weighted by Gasteiger charge is 2.57. The number of alkyl halides is 2. The van der Waals surface area contributed by atoms with Crippen LogP contribution in [-0.4, -0.2) is 24.6 Å². The van der Waals surface area contributed by atoms with Crippen molar-refractivity contribution in [3.05, 3.63) is 12.8 Å². The van der Waals surface area contributed by atoms with Crippen LogP contribution in [0.15, 0.2) is 12.8 Å². The maximum atomic E-state index is 13.1. The van der Waals surface area contributed by atoms with Gasteiger partial charge in [0.1, 0.15) is 6.10 Å². The zero-order valence-electron chi connectivity index (χ0n) is 12.3. The van der Waals surface area contributed by atoms with E-state index in [0.29, 0.717) is 19.4 Å². The third-order valence-electron chi connectivity index (χ3n) is 5.42.